The Hall–Kier alpha value is -1.27. The molecule has 0 fully saturated rings. The van der Waals surface area contributed by atoms with E-state index in [4.69, 9.17) is 15.2 Å². The van der Waals surface area contributed by atoms with E-state index < -0.39 is 5.82 Å². The predicted molar refractivity (Wildman–Crippen MR) is 73.8 cm³/mol. The number of benzene rings is 1. The quantitative estimate of drug-likeness (QED) is 0.778. The lowest BCUT2D eigenvalue weighted by atomic mass is 10.1. The summed E-state index contributed by atoms with van der Waals surface area (Å²) in [6, 6.07) is 4.28. The average Bonchev–Trinajstić information content (AvgIpc) is 2.38. The first-order valence-electron chi connectivity index (χ1n) is 5.90. The fourth-order valence-electron chi connectivity index (χ4n) is 1.48. The largest absolute Gasteiger partial charge is 0.494 e. The van der Waals surface area contributed by atoms with Crippen LogP contribution in [-0.4, -0.2) is 31.2 Å². The minimum absolute atomic E-state index is 0.190. The minimum atomic E-state index is -0.439. The number of hydrogen-bond donors (Lipinski definition) is 1. The second kappa shape index (κ2) is 8.01. The Morgan fingerprint density at radius 1 is 1.53 bits per heavy atom. The molecule has 0 saturated carbocycles. The Balaban J connectivity index is 2.47. The van der Waals surface area contributed by atoms with Gasteiger partial charge >= 0.3 is 5.97 Å². The van der Waals surface area contributed by atoms with Crippen molar-refractivity contribution >= 4 is 17.7 Å². The van der Waals surface area contributed by atoms with Crippen LogP contribution in [0.5, 0.6) is 5.75 Å². The smallest absolute Gasteiger partial charge is 0.315 e. The molecular formula is C13H18FNO3S. The molecule has 1 aromatic rings. The van der Waals surface area contributed by atoms with Crippen LogP contribution in [0.15, 0.2) is 18.2 Å². The predicted octanol–water partition coefficient (Wildman–Crippen LogP) is 2.13. The maximum Gasteiger partial charge on any atom is 0.315 e. The van der Waals surface area contributed by atoms with Gasteiger partial charge in [0.05, 0.1) is 19.5 Å². The average molecular weight is 287 g/mol. The van der Waals surface area contributed by atoms with Gasteiger partial charge in [0.25, 0.3) is 0 Å². The van der Waals surface area contributed by atoms with Gasteiger partial charge in [-0.2, -0.15) is 0 Å². The number of rotatable bonds is 7. The molecule has 0 heterocycles. The molecule has 1 aromatic carbocycles. The van der Waals surface area contributed by atoms with Gasteiger partial charge in [0.2, 0.25) is 0 Å². The second-order valence-electron chi connectivity index (χ2n) is 3.82. The van der Waals surface area contributed by atoms with Crippen molar-refractivity contribution in [3.8, 4) is 5.75 Å². The molecule has 4 nitrogen and oxygen atoms in total. The fraction of sp³-hybridized carbons (Fsp3) is 0.462. The van der Waals surface area contributed by atoms with E-state index in [-0.39, 0.29) is 23.5 Å². The third kappa shape index (κ3) is 5.08. The molecule has 6 heteroatoms. The molecule has 0 aromatic heterocycles. The number of thioether (sulfide) groups is 1. The van der Waals surface area contributed by atoms with Crippen LogP contribution in [0.4, 0.5) is 4.39 Å². The van der Waals surface area contributed by atoms with E-state index in [0.717, 1.165) is 0 Å². The first-order valence-corrected chi connectivity index (χ1v) is 7.06. The van der Waals surface area contributed by atoms with Crippen molar-refractivity contribution in [2.45, 2.75) is 13.0 Å². The third-order valence-corrected chi connectivity index (χ3v) is 3.46. The van der Waals surface area contributed by atoms with E-state index in [2.05, 4.69) is 0 Å². The standard InChI is InChI=1S/C13H18FNO3S/c1-3-18-13(16)8-19-7-11(15)9-4-5-12(17-2)10(14)6-9/h4-6,11H,3,7-8,15H2,1-2H3. The second-order valence-corrected chi connectivity index (χ2v) is 4.85. The highest BCUT2D eigenvalue weighted by Crippen LogP contribution is 2.22. The number of halogens is 1. The third-order valence-electron chi connectivity index (χ3n) is 2.43. The Morgan fingerprint density at radius 2 is 2.26 bits per heavy atom. The number of esters is 1. The van der Waals surface area contributed by atoms with Gasteiger partial charge < -0.3 is 15.2 Å². The van der Waals surface area contributed by atoms with Crippen molar-refractivity contribution in [2.24, 2.45) is 5.73 Å². The topological polar surface area (TPSA) is 61.5 Å². The Labute approximate surface area is 116 Å². The highest BCUT2D eigenvalue weighted by atomic mass is 32.2. The van der Waals surface area contributed by atoms with Crippen LogP contribution >= 0.6 is 11.8 Å². The molecule has 106 valence electrons. The summed E-state index contributed by atoms with van der Waals surface area (Å²) in [5, 5.41) is 0. The SMILES string of the molecule is CCOC(=O)CSCC(N)c1ccc(OC)c(F)c1. The fourth-order valence-corrected chi connectivity index (χ4v) is 2.30. The van der Waals surface area contributed by atoms with Crippen LogP contribution in [0.1, 0.15) is 18.5 Å². The normalized spacial score (nSPS) is 12.0. The van der Waals surface area contributed by atoms with Crippen LogP contribution in [0.3, 0.4) is 0 Å². The molecule has 1 unspecified atom stereocenters. The van der Waals surface area contributed by atoms with Crippen molar-refractivity contribution in [1.82, 2.24) is 0 Å². The van der Waals surface area contributed by atoms with Crippen molar-refractivity contribution in [1.29, 1.82) is 0 Å². The van der Waals surface area contributed by atoms with E-state index >= 15 is 0 Å². The highest BCUT2D eigenvalue weighted by Gasteiger charge is 2.11. The van der Waals surface area contributed by atoms with Gasteiger partial charge in [0, 0.05) is 11.8 Å². The molecule has 2 N–H and O–H groups in total. The first kappa shape index (κ1) is 15.8. The van der Waals surface area contributed by atoms with E-state index in [9.17, 15) is 9.18 Å². The summed E-state index contributed by atoms with van der Waals surface area (Å²) in [6.07, 6.45) is 0. The zero-order valence-corrected chi connectivity index (χ0v) is 11.8. The summed E-state index contributed by atoms with van der Waals surface area (Å²) in [4.78, 5) is 11.1. The summed E-state index contributed by atoms with van der Waals surface area (Å²) < 4.78 is 23.1. The molecule has 1 rings (SSSR count). The number of methoxy groups -OCH3 is 1. The molecule has 19 heavy (non-hydrogen) atoms. The highest BCUT2D eigenvalue weighted by molar-refractivity contribution is 7.99. The van der Waals surface area contributed by atoms with Crippen LogP contribution < -0.4 is 10.5 Å². The summed E-state index contributed by atoms with van der Waals surface area (Å²) in [5.74, 6) is 0.256. The van der Waals surface area contributed by atoms with Crippen LogP contribution in [0.25, 0.3) is 0 Å². The molecule has 0 saturated heterocycles. The van der Waals surface area contributed by atoms with E-state index in [1.165, 1.54) is 24.9 Å². The van der Waals surface area contributed by atoms with E-state index in [1.807, 2.05) is 0 Å². The molecule has 0 bridgehead atoms. The summed E-state index contributed by atoms with van der Waals surface area (Å²) in [7, 11) is 1.41. The van der Waals surface area contributed by atoms with Gasteiger partial charge in [0.1, 0.15) is 0 Å². The van der Waals surface area contributed by atoms with Crippen molar-refractivity contribution in [2.75, 3.05) is 25.2 Å². The summed E-state index contributed by atoms with van der Waals surface area (Å²) >= 11 is 1.37. The zero-order chi connectivity index (χ0) is 14.3. The maximum absolute atomic E-state index is 13.5. The Kier molecular flexibility index (Phi) is 6.66. The number of nitrogens with two attached hydrogens (primary N) is 1. The number of hydrogen-bond acceptors (Lipinski definition) is 5. The molecular weight excluding hydrogens is 269 g/mol. The molecule has 0 aliphatic carbocycles. The molecule has 0 spiro atoms. The van der Waals surface area contributed by atoms with E-state index in [1.54, 1.807) is 19.1 Å². The Morgan fingerprint density at radius 3 is 2.84 bits per heavy atom. The van der Waals surface area contributed by atoms with Crippen LogP contribution in [0.2, 0.25) is 0 Å². The van der Waals surface area contributed by atoms with Gasteiger partial charge in [-0.15, -0.1) is 11.8 Å². The summed E-state index contributed by atoms with van der Waals surface area (Å²) in [6.45, 7) is 2.13. The molecule has 0 amide bonds. The molecule has 0 aliphatic heterocycles. The van der Waals surface area contributed by atoms with Crippen molar-refractivity contribution in [3.05, 3.63) is 29.6 Å². The number of carbonyl (C=O) groups is 1. The number of ether oxygens (including phenoxy) is 2. The number of carbonyl (C=O) groups excluding carboxylic acids is 1. The van der Waals surface area contributed by atoms with Gasteiger partial charge in [-0.3, -0.25) is 4.79 Å². The molecule has 0 aliphatic rings. The zero-order valence-electron chi connectivity index (χ0n) is 11.0. The maximum atomic E-state index is 13.5. The Bertz CT molecular complexity index is 428. The van der Waals surface area contributed by atoms with Gasteiger partial charge in [-0.25, -0.2) is 4.39 Å². The van der Waals surface area contributed by atoms with Crippen molar-refractivity contribution in [3.63, 3.8) is 0 Å². The van der Waals surface area contributed by atoms with Gasteiger partial charge in [-0.05, 0) is 24.6 Å². The lowest BCUT2D eigenvalue weighted by molar-refractivity contribution is -0.139. The van der Waals surface area contributed by atoms with E-state index in [0.29, 0.717) is 17.9 Å². The van der Waals surface area contributed by atoms with Crippen molar-refractivity contribution < 1.29 is 18.7 Å². The monoisotopic (exact) mass is 287 g/mol. The summed E-state index contributed by atoms with van der Waals surface area (Å²) in [5.41, 5.74) is 6.61. The van der Waals surface area contributed by atoms with Crippen LogP contribution in [0, 0.1) is 5.82 Å². The van der Waals surface area contributed by atoms with Crippen LogP contribution in [-0.2, 0) is 9.53 Å². The molecule has 1 atom stereocenters. The van der Waals surface area contributed by atoms with Gasteiger partial charge in [0.15, 0.2) is 11.6 Å². The first-order chi connectivity index (χ1) is 9.08. The van der Waals surface area contributed by atoms with Gasteiger partial charge in [-0.1, -0.05) is 6.07 Å². The minimum Gasteiger partial charge on any atom is -0.494 e. The lowest BCUT2D eigenvalue weighted by Crippen LogP contribution is -2.15. The molecule has 0 radical (unpaired) electrons. The lowest BCUT2D eigenvalue weighted by Gasteiger charge is -2.12.